The van der Waals surface area contributed by atoms with Gasteiger partial charge in [-0.3, -0.25) is 4.99 Å². The molecular formula is C15H24BN. The SMILES string of the molecule is [B]C(/C(/C=C\CCC)=C(/C)N=CC)=C(/C)CC. The molecule has 0 aromatic heterocycles. The largest absolute Gasteiger partial charge is 0.266 e. The average Bonchev–Trinajstić information content (AvgIpc) is 2.33. The Balaban J connectivity index is 5.34. The summed E-state index contributed by atoms with van der Waals surface area (Å²) in [6, 6.07) is 0. The molecule has 0 saturated carbocycles. The second-order valence-corrected chi connectivity index (χ2v) is 4.12. The second-order valence-electron chi connectivity index (χ2n) is 4.12. The molecular weight excluding hydrogens is 205 g/mol. The van der Waals surface area contributed by atoms with Crippen molar-refractivity contribution in [2.45, 2.75) is 53.9 Å². The number of allylic oxidation sites excluding steroid dienone is 6. The molecule has 0 aromatic rings. The molecule has 0 spiro atoms. The van der Waals surface area contributed by atoms with Gasteiger partial charge in [-0.05, 0) is 39.2 Å². The van der Waals surface area contributed by atoms with Crippen LogP contribution in [0.3, 0.4) is 0 Å². The Bertz CT molecular complexity index is 346. The summed E-state index contributed by atoms with van der Waals surface area (Å²) in [4.78, 5) is 4.33. The Morgan fingerprint density at radius 2 is 1.88 bits per heavy atom. The van der Waals surface area contributed by atoms with Crippen molar-refractivity contribution in [2.24, 2.45) is 4.99 Å². The van der Waals surface area contributed by atoms with E-state index in [-0.39, 0.29) is 0 Å². The molecule has 92 valence electrons. The number of unbranched alkanes of at least 4 members (excludes halogenated alkanes) is 1. The van der Waals surface area contributed by atoms with Crippen molar-refractivity contribution in [3.8, 4) is 0 Å². The Morgan fingerprint density at radius 1 is 1.24 bits per heavy atom. The van der Waals surface area contributed by atoms with Crippen LogP contribution in [0.25, 0.3) is 0 Å². The van der Waals surface area contributed by atoms with Gasteiger partial charge in [-0.15, -0.1) is 0 Å². The summed E-state index contributed by atoms with van der Waals surface area (Å²) in [5.41, 5.74) is 4.11. The monoisotopic (exact) mass is 229 g/mol. The minimum absolute atomic E-state index is 0.864. The molecule has 0 bridgehead atoms. The lowest BCUT2D eigenvalue weighted by molar-refractivity contribution is 0.957. The number of aliphatic imine (C=N–C) groups is 1. The molecule has 2 radical (unpaired) electrons. The van der Waals surface area contributed by atoms with Gasteiger partial charge in [0, 0.05) is 11.9 Å². The maximum atomic E-state index is 6.18. The minimum Gasteiger partial charge on any atom is -0.266 e. The molecule has 0 aliphatic carbocycles. The lowest BCUT2D eigenvalue weighted by Crippen LogP contribution is -1.94. The summed E-state index contributed by atoms with van der Waals surface area (Å²) in [7, 11) is 6.18. The molecule has 0 aromatic carbocycles. The third-order valence-electron chi connectivity index (χ3n) is 2.73. The summed E-state index contributed by atoms with van der Waals surface area (Å²) < 4.78 is 0. The van der Waals surface area contributed by atoms with Crippen LogP contribution >= 0.6 is 0 Å². The fourth-order valence-electron chi connectivity index (χ4n) is 1.46. The highest BCUT2D eigenvalue weighted by molar-refractivity contribution is 6.25. The van der Waals surface area contributed by atoms with Crippen LogP contribution < -0.4 is 0 Å². The van der Waals surface area contributed by atoms with Crippen LogP contribution in [0.5, 0.6) is 0 Å². The molecule has 0 fully saturated rings. The highest BCUT2D eigenvalue weighted by Gasteiger charge is 2.03. The summed E-state index contributed by atoms with van der Waals surface area (Å²) in [6.45, 7) is 10.3. The second kappa shape index (κ2) is 9.03. The molecule has 0 atom stereocenters. The van der Waals surface area contributed by atoms with E-state index in [1.807, 2.05) is 13.8 Å². The van der Waals surface area contributed by atoms with E-state index in [0.717, 1.165) is 36.0 Å². The molecule has 1 nitrogen and oxygen atoms in total. The Hall–Kier alpha value is -1.05. The molecule has 0 aliphatic heterocycles. The molecule has 0 heterocycles. The molecule has 0 aliphatic rings. The zero-order valence-corrected chi connectivity index (χ0v) is 11.9. The summed E-state index contributed by atoms with van der Waals surface area (Å²) in [5.74, 6) is 0. The van der Waals surface area contributed by atoms with E-state index in [0.29, 0.717) is 0 Å². The third-order valence-corrected chi connectivity index (χ3v) is 2.73. The van der Waals surface area contributed by atoms with E-state index in [9.17, 15) is 0 Å². The zero-order valence-electron chi connectivity index (χ0n) is 11.9. The quantitative estimate of drug-likeness (QED) is 0.359. The molecule has 0 unspecified atom stereocenters. The molecule has 17 heavy (non-hydrogen) atoms. The maximum absolute atomic E-state index is 6.18. The van der Waals surface area contributed by atoms with Crippen LogP contribution in [0.1, 0.15) is 53.9 Å². The van der Waals surface area contributed by atoms with Crippen molar-refractivity contribution in [3.05, 3.63) is 34.5 Å². The first-order chi connectivity index (χ1) is 8.08. The van der Waals surface area contributed by atoms with Crippen molar-refractivity contribution in [1.82, 2.24) is 0 Å². The van der Waals surface area contributed by atoms with Gasteiger partial charge in [0.1, 0.15) is 7.85 Å². The standard InChI is InChI=1S/C15H24BN/c1-6-9-10-11-14(13(5)17-8-3)15(16)12(4)7-2/h8,10-11H,6-7,9H2,1-5H3/b11-10-,14-13-,15-12-,17-8?. The summed E-state index contributed by atoms with van der Waals surface area (Å²) in [6.07, 6.45) is 9.26. The first-order valence-corrected chi connectivity index (χ1v) is 6.40. The van der Waals surface area contributed by atoms with Crippen LogP contribution in [0, 0.1) is 0 Å². The van der Waals surface area contributed by atoms with Crippen LogP contribution in [-0.4, -0.2) is 14.1 Å². The molecule has 2 heteroatoms. The molecule has 0 N–H and O–H groups in total. The van der Waals surface area contributed by atoms with Gasteiger partial charge in [-0.25, -0.2) is 0 Å². The Labute approximate surface area is 108 Å². The number of rotatable bonds is 6. The predicted molar refractivity (Wildman–Crippen MR) is 79.7 cm³/mol. The van der Waals surface area contributed by atoms with Gasteiger partial charge in [0.25, 0.3) is 0 Å². The average molecular weight is 229 g/mol. The van der Waals surface area contributed by atoms with E-state index >= 15 is 0 Å². The van der Waals surface area contributed by atoms with Crippen molar-refractivity contribution >= 4 is 14.1 Å². The lowest BCUT2D eigenvalue weighted by atomic mass is 9.82. The van der Waals surface area contributed by atoms with E-state index in [1.165, 1.54) is 5.57 Å². The predicted octanol–water partition coefficient (Wildman–Crippen LogP) is 4.56. The van der Waals surface area contributed by atoms with Crippen molar-refractivity contribution < 1.29 is 0 Å². The van der Waals surface area contributed by atoms with Gasteiger partial charge in [-0.2, -0.15) is 0 Å². The Morgan fingerprint density at radius 3 is 2.35 bits per heavy atom. The highest BCUT2D eigenvalue weighted by atomic mass is 14.7. The highest BCUT2D eigenvalue weighted by Crippen LogP contribution is 2.20. The molecule has 0 amide bonds. The van der Waals surface area contributed by atoms with Gasteiger partial charge in [0.2, 0.25) is 0 Å². The van der Waals surface area contributed by atoms with Crippen molar-refractivity contribution in [3.63, 3.8) is 0 Å². The minimum atomic E-state index is 0.864. The van der Waals surface area contributed by atoms with Gasteiger partial charge < -0.3 is 0 Å². The van der Waals surface area contributed by atoms with Gasteiger partial charge in [0.05, 0.1) is 0 Å². The van der Waals surface area contributed by atoms with Crippen LogP contribution in [0.15, 0.2) is 39.5 Å². The van der Waals surface area contributed by atoms with Crippen molar-refractivity contribution in [2.75, 3.05) is 0 Å². The smallest absolute Gasteiger partial charge is 0.114 e. The third kappa shape index (κ3) is 5.72. The number of nitrogens with zero attached hydrogens (tertiary/aromatic N) is 1. The van der Waals surface area contributed by atoms with Gasteiger partial charge in [0.15, 0.2) is 0 Å². The summed E-state index contributed by atoms with van der Waals surface area (Å²) >= 11 is 0. The topological polar surface area (TPSA) is 12.4 Å². The van der Waals surface area contributed by atoms with E-state index in [4.69, 9.17) is 7.85 Å². The first kappa shape index (κ1) is 16.0. The molecule has 0 saturated heterocycles. The summed E-state index contributed by atoms with van der Waals surface area (Å²) in [5, 5.41) is 0. The van der Waals surface area contributed by atoms with Crippen LogP contribution in [0.4, 0.5) is 0 Å². The fraction of sp³-hybridized carbons (Fsp3) is 0.533. The van der Waals surface area contributed by atoms with Crippen LogP contribution in [-0.2, 0) is 0 Å². The maximum Gasteiger partial charge on any atom is 0.114 e. The number of hydrogen-bond donors (Lipinski definition) is 0. The fourth-order valence-corrected chi connectivity index (χ4v) is 1.46. The lowest BCUT2D eigenvalue weighted by Gasteiger charge is -2.10. The van der Waals surface area contributed by atoms with E-state index < -0.39 is 0 Å². The van der Waals surface area contributed by atoms with Crippen molar-refractivity contribution in [1.29, 1.82) is 0 Å². The first-order valence-electron chi connectivity index (χ1n) is 6.40. The van der Waals surface area contributed by atoms with E-state index in [2.05, 4.69) is 37.9 Å². The van der Waals surface area contributed by atoms with E-state index in [1.54, 1.807) is 6.21 Å². The Kier molecular flexibility index (Phi) is 8.48. The number of hydrogen-bond acceptors (Lipinski definition) is 1. The molecule has 0 rings (SSSR count). The normalized spacial score (nSPS) is 15.4. The van der Waals surface area contributed by atoms with Gasteiger partial charge in [-0.1, -0.05) is 43.5 Å². The zero-order chi connectivity index (χ0) is 13.3. The van der Waals surface area contributed by atoms with Gasteiger partial charge >= 0.3 is 0 Å². The van der Waals surface area contributed by atoms with Crippen LogP contribution in [0.2, 0.25) is 0 Å².